The van der Waals surface area contributed by atoms with E-state index in [2.05, 4.69) is 0 Å². The topological polar surface area (TPSA) is 17.1 Å². The van der Waals surface area contributed by atoms with Gasteiger partial charge in [0.15, 0.2) is 0 Å². The minimum atomic E-state index is 1.32. The zero-order valence-corrected chi connectivity index (χ0v) is 3.06. The van der Waals surface area contributed by atoms with Crippen LogP contribution in [0.4, 0.5) is 0 Å². The molecule has 0 saturated heterocycles. The Bertz CT molecular complexity index is 45.6. The Balaban J connectivity index is 2.92. The fourth-order valence-corrected chi connectivity index (χ4v) is 0.0680. The molecule has 0 spiro atoms. The van der Waals surface area contributed by atoms with Crippen LogP contribution < -0.4 is 0 Å². The lowest BCUT2D eigenvalue weighted by molar-refractivity contribution is 0.564. The maximum Gasteiger partial charge on any atom is 0.225 e. The average molecular weight is 69.1 g/mol. The first-order valence-corrected chi connectivity index (χ1v) is 1.40. The second-order valence-electron chi connectivity index (χ2n) is 0.618. The summed E-state index contributed by atoms with van der Waals surface area (Å²) in [5.41, 5.74) is 0. The van der Waals surface area contributed by atoms with E-state index in [1.807, 2.05) is 0 Å². The van der Waals surface area contributed by atoms with Crippen molar-refractivity contribution in [1.29, 1.82) is 0 Å². The molecule has 0 aromatic rings. The van der Waals surface area contributed by atoms with Crippen LogP contribution in [0.15, 0.2) is 12.2 Å². The molecule has 0 aromatic heterocycles. The van der Waals surface area contributed by atoms with Crippen molar-refractivity contribution in [3.05, 3.63) is 12.2 Å². The summed E-state index contributed by atoms with van der Waals surface area (Å²) < 4.78 is 0. The summed E-state index contributed by atoms with van der Waals surface area (Å²) in [7, 11) is 0. The number of carbonyl (C=O) groups excluding carboxylic acids is 1. The van der Waals surface area contributed by atoms with Crippen LogP contribution in [0.2, 0.25) is 0 Å². The zero-order valence-electron chi connectivity index (χ0n) is 3.06. The van der Waals surface area contributed by atoms with Gasteiger partial charge >= 0.3 is 0 Å². The summed E-state index contributed by atoms with van der Waals surface area (Å²) in [5.74, 6) is 0. The van der Waals surface area contributed by atoms with Crippen LogP contribution in [0.5, 0.6) is 0 Å². The minimum Gasteiger partial charge on any atom is -0.286 e. The van der Waals surface area contributed by atoms with E-state index in [0.29, 0.717) is 0 Å². The number of allylic oxidation sites excluding steroid dienone is 2. The summed E-state index contributed by atoms with van der Waals surface area (Å²) in [4.78, 5) is 9.19. The lowest BCUT2D eigenvalue weighted by Crippen LogP contribution is -1.50. The van der Waals surface area contributed by atoms with Gasteiger partial charge < -0.3 is 0 Å². The van der Waals surface area contributed by atoms with Gasteiger partial charge in [-0.1, -0.05) is 6.08 Å². The van der Waals surface area contributed by atoms with Crippen LogP contribution >= 0.6 is 0 Å². The normalized spacial score (nSPS) is 9.00. The van der Waals surface area contributed by atoms with Gasteiger partial charge in [0.25, 0.3) is 0 Å². The molecule has 0 heterocycles. The van der Waals surface area contributed by atoms with Crippen LogP contribution in [-0.2, 0) is 4.79 Å². The van der Waals surface area contributed by atoms with Crippen molar-refractivity contribution in [2.75, 3.05) is 0 Å². The van der Waals surface area contributed by atoms with Crippen LogP contribution in [0.3, 0.4) is 0 Å². The molecule has 0 aliphatic heterocycles. The zero-order chi connectivity index (χ0) is 4.12. The second-order valence-corrected chi connectivity index (χ2v) is 0.618. The SMILES string of the molecule is C/C=C/[C]=O. The highest BCUT2D eigenvalue weighted by Gasteiger charge is 1.51. The maximum atomic E-state index is 9.19. The fourth-order valence-electron chi connectivity index (χ4n) is 0.0680. The van der Waals surface area contributed by atoms with Crippen LogP contribution in [-0.4, -0.2) is 6.29 Å². The Morgan fingerprint density at radius 2 is 2.40 bits per heavy atom. The molecule has 0 atom stereocenters. The molecule has 0 fully saturated rings. The molecular weight excluding hydrogens is 64.0 g/mol. The van der Waals surface area contributed by atoms with Gasteiger partial charge in [0, 0.05) is 0 Å². The van der Waals surface area contributed by atoms with E-state index < -0.39 is 0 Å². The van der Waals surface area contributed by atoms with Gasteiger partial charge in [0.2, 0.25) is 6.29 Å². The molecule has 0 aliphatic carbocycles. The average Bonchev–Trinajstić information content (AvgIpc) is 1.41. The molecule has 0 aliphatic rings. The molecular formula is C4H5O. The van der Waals surface area contributed by atoms with Crippen LogP contribution in [0.1, 0.15) is 6.92 Å². The van der Waals surface area contributed by atoms with Gasteiger partial charge in [0.1, 0.15) is 0 Å². The fraction of sp³-hybridized carbons (Fsp3) is 0.250. The summed E-state index contributed by atoms with van der Waals surface area (Å²) >= 11 is 0. The third-order valence-electron chi connectivity index (χ3n) is 0.235. The summed E-state index contributed by atoms with van der Waals surface area (Å²) in [5, 5.41) is 0. The third-order valence-corrected chi connectivity index (χ3v) is 0.235. The van der Waals surface area contributed by atoms with Crippen molar-refractivity contribution in [3.8, 4) is 0 Å². The Morgan fingerprint density at radius 3 is 2.40 bits per heavy atom. The van der Waals surface area contributed by atoms with Crippen molar-refractivity contribution in [2.24, 2.45) is 0 Å². The van der Waals surface area contributed by atoms with Crippen molar-refractivity contribution < 1.29 is 4.79 Å². The molecule has 0 aromatic carbocycles. The van der Waals surface area contributed by atoms with Crippen molar-refractivity contribution >= 4 is 6.29 Å². The van der Waals surface area contributed by atoms with Gasteiger partial charge in [0.05, 0.1) is 0 Å². The first-order chi connectivity index (χ1) is 2.41. The van der Waals surface area contributed by atoms with E-state index in [-0.39, 0.29) is 0 Å². The number of hydrogen-bond acceptors (Lipinski definition) is 1. The first kappa shape index (κ1) is 4.41. The molecule has 1 radical (unpaired) electrons. The van der Waals surface area contributed by atoms with E-state index >= 15 is 0 Å². The van der Waals surface area contributed by atoms with Crippen molar-refractivity contribution in [3.63, 3.8) is 0 Å². The molecule has 0 rings (SSSR count). The second kappa shape index (κ2) is 3.41. The molecule has 0 N–H and O–H groups in total. The molecule has 0 saturated carbocycles. The van der Waals surface area contributed by atoms with Gasteiger partial charge in [-0.3, -0.25) is 4.79 Å². The lowest BCUT2D eigenvalue weighted by Gasteiger charge is -1.49. The first-order valence-electron chi connectivity index (χ1n) is 1.40. The highest BCUT2D eigenvalue weighted by Crippen LogP contribution is 1.55. The highest BCUT2D eigenvalue weighted by molar-refractivity contribution is 5.65. The Labute approximate surface area is 31.3 Å². The predicted octanol–water partition coefficient (Wildman–Crippen LogP) is 0.672. The van der Waals surface area contributed by atoms with Crippen molar-refractivity contribution in [2.45, 2.75) is 6.92 Å². The quantitative estimate of drug-likeness (QED) is 0.413. The molecule has 0 bridgehead atoms. The Morgan fingerprint density at radius 1 is 1.80 bits per heavy atom. The number of rotatable bonds is 1. The molecule has 0 amide bonds. The van der Waals surface area contributed by atoms with Crippen LogP contribution in [0.25, 0.3) is 0 Å². The van der Waals surface area contributed by atoms with Gasteiger partial charge in [-0.2, -0.15) is 0 Å². The smallest absolute Gasteiger partial charge is 0.225 e. The largest absolute Gasteiger partial charge is 0.286 e. The summed E-state index contributed by atoms with van der Waals surface area (Å²) in [6.45, 7) is 1.77. The lowest BCUT2D eigenvalue weighted by atomic mass is 10.6. The third kappa shape index (κ3) is 3.41. The Kier molecular flexibility index (Phi) is 3.01. The van der Waals surface area contributed by atoms with E-state index in [1.54, 1.807) is 19.3 Å². The maximum absolute atomic E-state index is 9.19. The van der Waals surface area contributed by atoms with E-state index in [9.17, 15) is 4.79 Å². The summed E-state index contributed by atoms with van der Waals surface area (Å²) in [6.07, 6.45) is 4.54. The highest BCUT2D eigenvalue weighted by atomic mass is 16.1. The Hall–Kier alpha value is -0.590. The van der Waals surface area contributed by atoms with E-state index in [0.717, 1.165) is 0 Å². The van der Waals surface area contributed by atoms with E-state index in [4.69, 9.17) is 0 Å². The molecule has 5 heavy (non-hydrogen) atoms. The summed E-state index contributed by atoms with van der Waals surface area (Å²) in [6, 6.07) is 0. The monoisotopic (exact) mass is 69.0 g/mol. The minimum absolute atomic E-state index is 1.32. The standard InChI is InChI=1S/C4H5O/c1-2-3-4-5/h2-3H,1H3/b3-2+. The molecule has 27 valence electrons. The predicted molar refractivity (Wildman–Crippen MR) is 20.5 cm³/mol. The van der Waals surface area contributed by atoms with Gasteiger partial charge in [-0.15, -0.1) is 0 Å². The van der Waals surface area contributed by atoms with E-state index in [1.165, 1.54) is 6.08 Å². The van der Waals surface area contributed by atoms with Crippen LogP contribution in [0, 0.1) is 0 Å². The van der Waals surface area contributed by atoms with Gasteiger partial charge in [-0.25, -0.2) is 0 Å². The number of hydrogen-bond donors (Lipinski definition) is 0. The van der Waals surface area contributed by atoms with Crippen molar-refractivity contribution in [1.82, 2.24) is 0 Å². The van der Waals surface area contributed by atoms with Gasteiger partial charge in [-0.05, 0) is 13.0 Å². The molecule has 1 heteroatoms. The molecule has 1 nitrogen and oxygen atoms in total. The molecule has 0 unspecified atom stereocenters.